The van der Waals surface area contributed by atoms with Crippen molar-refractivity contribution in [2.75, 3.05) is 6.54 Å². The van der Waals surface area contributed by atoms with E-state index in [1.807, 2.05) is 0 Å². The van der Waals surface area contributed by atoms with Gasteiger partial charge in [0.25, 0.3) is 0 Å². The fraction of sp³-hybridized carbons (Fsp3) is 0.500. The van der Waals surface area contributed by atoms with Crippen molar-refractivity contribution >= 4 is 10.0 Å². The molecule has 0 bridgehead atoms. The highest BCUT2D eigenvalue weighted by Crippen LogP contribution is 1.95. The van der Waals surface area contributed by atoms with E-state index < -0.39 is 15.3 Å². The fourth-order valence-electron chi connectivity index (χ4n) is 0.930. The average Bonchev–Trinajstić information content (AvgIpc) is 2.69. The fourth-order valence-corrected chi connectivity index (χ4v) is 1.69. The molecule has 82 valence electrons. The van der Waals surface area contributed by atoms with Crippen LogP contribution in [-0.2, 0) is 16.6 Å². The van der Waals surface area contributed by atoms with Crippen molar-refractivity contribution in [3.05, 3.63) is 18.7 Å². The van der Waals surface area contributed by atoms with E-state index in [1.54, 1.807) is 29.4 Å². The van der Waals surface area contributed by atoms with Gasteiger partial charge in [0.2, 0.25) is 10.0 Å². The van der Waals surface area contributed by atoms with Crippen LogP contribution in [0.4, 0.5) is 0 Å². The van der Waals surface area contributed by atoms with E-state index in [-0.39, 0.29) is 6.54 Å². The molecule has 1 N–H and O–H groups in total. The summed E-state index contributed by atoms with van der Waals surface area (Å²) >= 11 is 0. The van der Waals surface area contributed by atoms with E-state index in [0.717, 1.165) is 0 Å². The monoisotopic (exact) mass is 228 g/mol. The van der Waals surface area contributed by atoms with E-state index in [2.05, 4.69) is 9.71 Å². The number of nitrogens with one attached hydrogen (secondary N) is 1. The zero-order valence-corrected chi connectivity index (χ0v) is 9.11. The number of rotatable bonds is 5. The first kappa shape index (κ1) is 11.7. The van der Waals surface area contributed by atoms with Crippen molar-refractivity contribution in [3.63, 3.8) is 0 Å². The smallest absolute Gasteiger partial charge is 0.227 e. The predicted octanol–water partition coefficient (Wildman–Crippen LogP) is -0.285. The molecule has 0 fully saturated rings. The van der Waals surface area contributed by atoms with Gasteiger partial charge < -0.3 is 4.57 Å². The third kappa shape index (κ3) is 3.34. The maximum atomic E-state index is 11.3. The Labute approximate surface area is 88.6 Å². The Morgan fingerprint density at radius 1 is 1.67 bits per heavy atom. The lowest BCUT2D eigenvalue weighted by atomic mass is 10.5. The molecule has 0 aromatic carbocycles. The zero-order chi connectivity index (χ0) is 11.3. The predicted molar refractivity (Wildman–Crippen MR) is 54.2 cm³/mol. The molecule has 1 rings (SSSR count). The van der Waals surface area contributed by atoms with E-state index in [0.29, 0.717) is 6.54 Å². The molecule has 0 aliphatic heterocycles. The quantitative estimate of drug-likeness (QED) is 0.750. The summed E-state index contributed by atoms with van der Waals surface area (Å²) in [5.74, 6) is 0. The van der Waals surface area contributed by atoms with E-state index in [9.17, 15) is 8.42 Å². The molecule has 0 aliphatic rings. The molecule has 1 heterocycles. The summed E-state index contributed by atoms with van der Waals surface area (Å²) in [6.45, 7) is 2.10. The molecular formula is C8H12N4O2S. The second-order valence-electron chi connectivity index (χ2n) is 3.01. The molecule has 1 aromatic heterocycles. The summed E-state index contributed by atoms with van der Waals surface area (Å²) in [6, 6.07) is 1.68. The summed E-state index contributed by atoms with van der Waals surface area (Å²) in [5.41, 5.74) is 0. The number of hydrogen-bond acceptors (Lipinski definition) is 4. The molecule has 0 saturated heterocycles. The van der Waals surface area contributed by atoms with E-state index in [4.69, 9.17) is 5.26 Å². The maximum Gasteiger partial charge on any atom is 0.227 e. The average molecular weight is 228 g/mol. The van der Waals surface area contributed by atoms with Gasteiger partial charge in [-0.1, -0.05) is 0 Å². The Kier molecular flexibility index (Phi) is 3.82. The Bertz CT molecular complexity index is 432. The minimum absolute atomic E-state index is 0.255. The van der Waals surface area contributed by atoms with Crippen LogP contribution in [0.15, 0.2) is 18.7 Å². The molecule has 0 saturated carbocycles. The van der Waals surface area contributed by atoms with Gasteiger partial charge in [0.15, 0.2) is 5.25 Å². The lowest BCUT2D eigenvalue weighted by molar-refractivity contribution is 0.568. The molecule has 15 heavy (non-hydrogen) atoms. The lowest BCUT2D eigenvalue weighted by Gasteiger charge is -2.07. The standard InChI is InChI=1S/C8H12N4O2S/c1-8(6-9)15(13,14)11-3-5-12-4-2-10-7-12/h2,4,7-8,11H,3,5H2,1H3. The van der Waals surface area contributed by atoms with Crippen LogP contribution in [0.5, 0.6) is 0 Å². The van der Waals surface area contributed by atoms with Gasteiger partial charge >= 0.3 is 0 Å². The number of hydrogen-bond donors (Lipinski definition) is 1. The van der Waals surface area contributed by atoms with Gasteiger partial charge in [0.1, 0.15) is 0 Å². The van der Waals surface area contributed by atoms with Crippen molar-refractivity contribution in [1.82, 2.24) is 14.3 Å². The molecule has 1 aromatic rings. The molecule has 1 atom stereocenters. The zero-order valence-electron chi connectivity index (χ0n) is 8.29. The topological polar surface area (TPSA) is 87.8 Å². The number of nitriles is 1. The third-order valence-electron chi connectivity index (χ3n) is 1.88. The van der Waals surface area contributed by atoms with Crippen LogP contribution < -0.4 is 4.72 Å². The minimum atomic E-state index is -3.51. The van der Waals surface area contributed by atoms with Crippen molar-refractivity contribution in [2.45, 2.75) is 18.7 Å². The molecule has 0 spiro atoms. The first-order valence-corrected chi connectivity index (χ1v) is 5.95. The molecule has 1 unspecified atom stereocenters. The molecule has 0 aliphatic carbocycles. The Balaban J connectivity index is 2.42. The van der Waals surface area contributed by atoms with Crippen molar-refractivity contribution < 1.29 is 8.42 Å². The van der Waals surface area contributed by atoms with Gasteiger partial charge in [0, 0.05) is 25.5 Å². The van der Waals surface area contributed by atoms with E-state index >= 15 is 0 Å². The van der Waals surface area contributed by atoms with Crippen LogP contribution in [0.3, 0.4) is 0 Å². The van der Waals surface area contributed by atoms with Crippen LogP contribution in [-0.4, -0.2) is 29.8 Å². The second kappa shape index (κ2) is 4.91. The molecule has 0 amide bonds. The number of imidazole rings is 1. The van der Waals surface area contributed by atoms with Gasteiger partial charge in [-0.2, -0.15) is 5.26 Å². The summed E-state index contributed by atoms with van der Waals surface area (Å²) in [6.07, 6.45) is 4.95. The van der Waals surface area contributed by atoms with Gasteiger partial charge in [0.05, 0.1) is 12.4 Å². The summed E-state index contributed by atoms with van der Waals surface area (Å²) < 4.78 is 26.8. The first-order valence-electron chi connectivity index (χ1n) is 4.40. The van der Waals surface area contributed by atoms with Crippen LogP contribution in [0.25, 0.3) is 0 Å². The second-order valence-corrected chi connectivity index (χ2v) is 5.10. The SMILES string of the molecule is CC(C#N)S(=O)(=O)NCCn1ccnc1. The van der Waals surface area contributed by atoms with Crippen molar-refractivity contribution in [1.29, 1.82) is 5.26 Å². The Hall–Kier alpha value is -1.39. The Morgan fingerprint density at radius 2 is 2.40 bits per heavy atom. The summed E-state index contributed by atoms with van der Waals surface area (Å²) in [4.78, 5) is 3.82. The maximum absolute atomic E-state index is 11.3. The van der Waals surface area contributed by atoms with Crippen LogP contribution in [0.2, 0.25) is 0 Å². The van der Waals surface area contributed by atoms with Crippen molar-refractivity contribution in [3.8, 4) is 6.07 Å². The van der Waals surface area contributed by atoms with Gasteiger partial charge in [-0.3, -0.25) is 0 Å². The minimum Gasteiger partial charge on any atom is -0.336 e. The molecule has 0 radical (unpaired) electrons. The normalized spacial score (nSPS) is 13.3. The summed E-state index contributed by atoms with van der Waals surface area (Å²) in [7, 11) is -3.51. The number of nitrogens with zero attached hydrogens (tertiary/aromatic N) is 3. The number of aromatic nitrogens is 2. The Morgan fingerprint density at radius 3 is 2.93 bits per heavy atom. The van der Waals surface area contributed by atoms with Gasteiger partial charge in [-0.05, 0) is 6.92 Å². The molecule has 7 heteroatoms. The van der Waals surface area contributed by atoms with Crippen LogP contribution in [0, 0.1) is 11.3 Å². The number of sulfonamides is 1. The lowest BCUT2D eigenvalue weighted by Crippen LogP contribution is -2.33. The van der Waals surface area contributed by atoms with Crippen LogP contribution >= 0.6 is 0 Å². The van der Waals surface area contributed by atoms with Crippen LogP contribution in [0.1, 0.15) is 6.92 Å². The largest absolute Gasteiger partial charge is 0.336 e. The molecular weight excluding hydrogens is 216 g/mol. The van der Waals surface area contributed by atoms with Gasteiger partial charge in [-0.25, -0.2) is 18.1 Å². The highest BCUT2D eigenvalue weighted by Gasteiger charge is 2.18. The van der Waals surface area contributed by atoms with Gasteiger partial charge in [-0.15, -0.1) is 0 Å². The first-order chi connectivity index (χ1) is 7.06. The van der Waals surface area contributed by atoms with E-state index in [1.165, 1.54) is 6.92 Å². The highest BCUT2D eigenvalue weighted by molar-refractivity contribution is 7.90. The van der Waals surface area contributed by atoms with Crippen molar-refractivity contribution in [2.24, 2.45) is 0 Å². The third-order valence-corrected chi connectivity index (χ3v) is 3.52. The highest BCUT2D eigenvalue weighted by atomic mass is 32.2. The molecule has 6 nitrogen and oxygen atoms in total. The summed E-state index contributed by atoms with van der Waals surface area (Å²) in [5, 5.41) is 7.44.